The summed E-state index contributed by atoms with van der Waals surface area (Å²) in [5, 5.41) is 15.5. The van der Waals surface area contributed by atoms with Crippen LogP contribution in [0.2, 0.25) is 0 Å². The van der Waals surface area contributed by atoms with Gasteiger partial charge in [0.2, 0.25) is 0 Å². The van der Waals surface area contributed by atoms with E-state index >= 15 is 0 Å². The molecule has 1 aliphatic heterocycles. The minimum atomic E-state index is -0.499. The van der Waals surface area contributed by atoms with Crippen LogP contribution in [-0.4, -0.2) is 48.3 Å². The van der Waals surface area contributed by atoms with Crippen molar-refractivity contribution in [3.63, 3.8) is 0 Å². The predicted molar refractivity (Wildman–Crippen MR) is 65.9 cm³/mol. The van der Waals surface area contributed by atoms with Crippen molar-refractivity contribution in [3.05, 3.63) is 30.3 Å². The van der Waals surface area contributed by atoms with E-state index in [4.69, 9.17) is 0 Å². The fourth-order valence-corrected chi connectivity index (χ4v) is 1.93. The van der Waals surface area contributed by atoms with Crippen LogP contribution in [0, 0.1) is 0 Å². The van der Waals surface area contributed by atoms with Gasteiger partial charge in [-0.2, -0.15) is 0 Å². The lowest BCUT2D eigenvalue weighted by Gasteiger charge is -2.26. The highest BCUT2D eigenvalue weighted by Gasteiger charge is 2.31. The Morgan fingerprint density at radius 3 is 2.71 bits per heavy atom. The summed E-state index contributed by atoms with van der Waals surface area (Å²) >= 11 is 0. The number of aliphatic hydroxyl groups is 1. The Bertz CT molecular complexity index is 383. The summed E-state index contributed by atoms with van der Waals surface area (Å²) in [6, 6.07) is 8.90. The van der Waals surface area contributed by atoms with Crippen molar-refractivity contribution in [3.8, 4) is 0 Å². The van der Waals surface area contributed by atoms with Gasteiger partial charge in [0.25, 0.3) is 0 Å². The molecule has 2 atom stereocenters. The molecule has 1 aromatic carbocycles. The number of urea groups is 1. The molecule has 1 heterocycles. The van der Waals surface area contributed by atoms with Crippen molar-refractivity contribution >= 4 is 11.7 Å². The molecule has 1 fully saturated rings. The van der Waals surface area contributed by atoms with E-state index < -0.39 is 6.10 Å². The second-order valence-electron chi connectivity index (χ2n) is 4.20. The summed E-state index contributed by atoms with van der Waals surface area (Å²) in [4.78, 5) is 13.5. The van der Waals surface area contributed by atoms with Crippen LogP contribution in [0.3, 0.4) is 0 Å². The van der Waals surface area contributed by atoms with E-state index in [9.17, 15) is 9.90 Å². The van der Waals surface area contributed by atoms with E-state index in [1.807, 2.05) is 30.3 Å². The summed E-state index contributed by atoms with van der Waals surface area (Å²) in [7, 11) is 1.69. The lowest BCUT2D eigenvalue weighted by atomic mass is 10.2. The molecule has 5 heteroatoms. The Kier molecular flexibility index (Phi) is 3.61. The molecular weight excluding hydrogens is 218 g/mol. The van der Waals surface area contributed by atoms with E-state index in [-0.39, 0.29) is 12.1 Å². The lowest BCUT2D eigenvalue weighted by Crippen LogP contribution is -2.46. The van der Waals surface area contributed by atoms with Gasteiger partial charge in [0, 0.05) is 25.8 Å². The highest BCUT2D eigenvalue weighted by atomic mass is 16.3. The maximum absolute atomic E-state index is 11.9. The molecule has 0 saturated carbocycles. The largest absolute Gasteiger partial charge is 0.390 e. The molecule has 0 bridgehead atoms. The number of anilines is 1. The van der Waals surface area contributed by atoms with Crippen molar-refractivity contribution < 1.29 is 9.90 Å². The maximum Gasteiger partial charge on any atom is 0.321 e. The Balaban J connectivity index is 1.96. The van der Waals surface area contributed by atoms with Gasteiger partial charge in [0.05, 0.1) is 12.1 Å². The third-order valence-electron chi connectivity index (χ3n) is 2.99. The topological polar surface area (TPSA) is 64.6 Å². The predicted octanol–water partition coefficient (Wildman–Crippen LogP) is 0.483. The third kappa shape index (κ3) is 2.75. The average Bonchev–Trinajstić information content (AvgIpc) is 2.76. The lowest BCUT2D eigenvalue weighted by molar-refractivity contribution is 0.115. The number of hydrogen-bond donors (Lipinski definition) is 3. The van der Waals surface area contributed by atoms with Crippen molar-refractivity contribution in [2.24, 2.45) is 0 Å². The zero-order valence-corrected chi connectivity index (χ0v) is 9.76. The Morgan fingerprint density at radius 2 is 2.12 bits per heavy atom. The van der Waals surface area contributed by atoms with E-state index in [2.05, 4.69) is 10.6 Å². The molecule has 0 aromatic heterocycles. The molecule has 1 aromatic rings. The van der Waals surface area contributed by atoms with Gasteiger partial charge in [-0.25, -0.2) is 4.79 Å². The summed E-state index contributed by atoms with van der Waals surface area (Å²) < 4.78 is 0. The number of hydrogen-bond acceptors (Lipinski definition) is 3. The van der Waals surface area contributed by atoms with Crippen LogP contribution in [0.15, 0.2) is 30.3 Å². The molecule has 2 amide bonds. The molecule has 5 nitrogen and oxygen atoms in total. The number of nitrogens with one attached hydrogen (secondary N) is 2. The van der Waals surface area contributed by atoms with Crippen LogP contribution in [0.1, 0.15) is 0 Å². The number of nitrogens with zero attached hydrogens (tertiary/aromatic N) is 1. The molecule has 1 saturated heterocycles. The third-order valence-corrected chi connectivity index (χ3v) is 2.99. The first-order valence-corrected chi connectivity index (χ1v) is 5.66. The first-order valence-electron chi connectivity index (χ1n) is 5.66. The normalized spacial score (nSPS) is 23.4. The molecule has 0 radical (unpaired) electrons. The number of para-hydroxylation sites is 1. The van der Waals surface area contributed by atoms with Crippen molar-refractivity contribution in [1.82, 2.24) is 10.2 Å². The molecule has 0 spiro atoms. The van der Waals surface area contributed by atoms with Gasteiger partial charge in [-0.3, -0.25) is 0 Å². The van der Waals surface area contributed by atoms with Crippen molar-refractivity contribution in [2.45, 2.75) is 12.1 Å². The van der Waals surface area contributed by atoms with E-state index in [1.165, 1.54) is 4.90 Å². The summed E-state index contributed by atoms with van der Waals surface area (Å²) in [6.07, 6.45) is -0.499. The minimum Gasteiger partial charge on any atom is -0.390 e. The first-order chi connectivity index (χ1) is 8.18. The van der Waals surface area contributed by atoms with Gasteiger partial charge in [0.15, 0.2) is 0 Å². The zero-order valence-electron chi connectivity index (χ0n) is 9.76. The van der Waals surface area contributed by atoms with Gasteiger partial charge in [-0.05, 0) is 12.1 Å². The van der Waals surface area contributed by atoms with Crippen LogP contribution >= 0.6 is 0 Å². The van der Waals surface area contributed by atoms with Gasteiger partial charge < -0.3 is 20.6 Å². The van der Waals surface area contributed by atoms with Crippen LogP contribution < -0.4 is 10.6 Å². The quantitative estimate of drug-likeness (QED) is 0.698. The molecular formula is C12H17N3O2. The highest BCUT2D eigenvalue weighted by Crippen LogP contribution is 2.11. The molecule has 2 rings (SSSR count). The second kappa shape index (κ2) is 5.16. The number of carbonyl (C=O) groups excluding carboxylic acids is 1. The number of rotatable bonds is 2. The monoisotopic (exact) mass is 235 g/mol. The Morgan fingerprint density at radius 1 is 1.41 bits per heavy atom. The van der Waals surface area contributed by atoms with Crippen molar-refractivity contribution in [2.75, 3.05) is 25.5 Å². The molecule has 0 unspecified atom stereocenters. The van der Waals surface area contributed by atoms with Crippen LogP contribution in [0.5, 0.6) is 0 Å². The summed E-state index contributed by atoms with van der Waals surface area (Å²) in [5.74, 6) is 0. The molecule has 1 aliphatic rings. The van der Waals surface area contributed by atoms with Crippen LogP contribution in [0.25, 0.3) is 0 Å². The molecule has 0 aliphatic carbocycles. The number of β-amino-alcohol motifs (C(OH)–C–C–N with tert-alkyl or cyclic N) is 1. The van der Waals surface area contributed by atoms with E-state index in [1.54, 1.807) is 7.05 Å². The van der Waals surface area contributed by atoms with Gasteiger partial charge >= 0.3 is 6.03 Å². The number of benzene rings is 1. The summed E-state index contributed by atoms with van der Waals surface area (Å²) in [6.45, 7) is 1.16. The number of likely N-dealkylation sites (N-methyl/N-ethyl adjacent to an activating group) is 1. The standard InChI is InChI=1S/C12H17N3O2/c1-15(10-7-13-8-11(10)16)12(17)14-9-5-3-2-4-6-9/h2-6,10-11,13,16H,7-8H2,1H3,(H,14,17)/t10-,11-/m1/s1. The maximum atomic E-state index is 11.9. The fraction of sp³-hybridized carbons (Fsp3) is 0.417. The second-order valence-corrected chi connectivity index (χ2v) is 4.20. The number of amides is 2. The van der Waals surface area contributed by atoms with Crippen LogP contribution in [-0.2, 0) is 0 Å². The highest BCUT2D eigenvalue weighted by molar-refractivity contribution is 5.89. The Labute approximate surface area is 100 Å². The SMILES string of the molecule is CN(C(=O)Nc1ccccc1)[C@@H]1CNC[C@H]1O. The van der Waals surface area contributed by atoms with E-state index in [0.717, 1.165) is 5.69 Å². The molecule has 17 heavy (non-hydrogen) atoms. The fourth-order valence-electron chi connectivity index (χ4n) is 1.93. The van der Waals surface area contributed by atoms with Crippen LogP contribution in [0.4, 0.5) is 10.5 Å². The van der Waals surface area contributed by atoms with Gasteiger partial charge in [0.1, 0.15) is 0 Å². The molecule has 92 valence electrons. The average molecular weight is 235 g/mol. The minimum absolute atomic E-state index is 0.168. The zero-order chi connectivity index (χ0) is 12.3. The van der Waals surface area contributed by atoms with Gasteiger partial charge in [-0.15, -0.1) is 0 Å². The number of aliphatic hydroxyl groups excluding tert-OH is 1. The number of carbonyl (C=O) groups is 1. The first kappa shape index (κ1) is 11.9. The summed E-state index contributed by atoms with van der Waals surface area (Å²) in [5.41, 5.74) is 0.754. The smallest absolute Gasteiger partial charge is 0.321 e. The Hall–Kier alpha value is -1.59. The van der Waals surface area contributed by atoms with Gasteiger partial charge in [-0.1, -0.05) is 18.2 Å². The van der Waals surface area contributed by atoms with Crippen molar-refractivity contribution in [1.29, 1.82) is 0 Å². The van der Waals surface area contributed by atoms with E-state index in [0.29, 0.717) is 13.1 Å². The molecule has 3 N–H and O–H groups in total.